The minimum Gasteiger partial charge on any atom is -0.462 e. The van der Waals surface area contributed by atoms with Gasteiger partial charge in [-0.25, -0.2) is 4.79 Å². The molecule has 1 rings (SSSR count). The Morgan fingerprint density at radius 3 is 2.56 bits per heavy atom. The summed E-state index contributed by atoms with van der Waals surface area (Å²) in [7, 11) is 0. The predicted molar refractivity (Wildman–Crippen MR) is 74.8 cm³/mol. The third-order valence-electron chi connectivity index (χ3n) is 2.37. The molecule has 0 aliphatic heterocycles. The number of hydrogen-bond acceptors (Lipinski definition) is 4. The summed E-state index contributed by atoms with van der Waals surface area (Å²) < 4.78 is 4.92. The molecule has 0 saturated heterocycles. The van der Waals surface area contributed by atoms with Crippen molar-refractivity contribution in [2.45, 2.75) is 27.7 Å². The number of benzene rings is 1. The minimum atomic E-state index is -0.341. The Bertz CT molecular complexity index is 422. The molecule has 0 unspecified atom stereocenters. The molecule has 4 nitrogen and oxygen atoms in total. The molecule has 0 radical (unpaired) electrons. The van der Waals surface area contributed by atoms with E-state index in [1.165, 1.54) is 0 Å². The Hall–Kier alpha value is -1.71. The lowest BCUT2D eigenvalue weighted by molar-refractivity contribution is 0.0526. The summed E-state index contributed by atoms with van der Waals surface area (Å²) in [4.78, 5) is 11.5. The van der Waals surface area contributed by atoms with Crippen LogP contribution >= 0.6 is 0 Å². The first kappa shape index (κ1) is 14.4. The first-order chi connectivity index (χ1) is 8.33. The highest BCUT2D eigenvalue weighted by Crippen LogP contribution is 2.22. The van der Waals surface area contributed by atoms with Gasteiger partial charge in [-0.3, -0.25) is 0 Å². The quantitative estimate of drug-likeness (QED) is 0.637. The topological polar surface area (TPSA) is 64.3 Å². The van der Waals surface area contributed by atoms with E-state index in [4.69, 9.17) is 10.5 Å². The average molecular weight is 250 g/mol. The molecule has 0 amide bonds. The lowest BCUT2D eigenvalue weighted by Gasteiger charge is -2.20. The molecule has 0 spiro atoms. The normalized spacial score (nSPS) is 11.1. The fourth-order valence-corrected chi connectivity index (χ4v) is 1.43. The molecule has 4 heteroatoms. The van der Waals surface area contributed by atoms with Crippen molar-refractivity contribution in [2.75, 3.05) is 24.2 Å². The molecular formula is C14H22N2O2. The number of nitrogens with two attached hydrogens (primary N) is 1. The fraction of sp³-hybridized carbons (Fsp3) is 0.500. The smallest absolute Gasteiger partial charge is 0.338 e. The first-order valence-corrected chi connectivity index (χ1v) is 6.14. The Morgan fingerprint density at radius 1 is 1.39 bits per heavy atom. The maximum Gasteiger partial charge on any atom is 0.338 e. The second-order valence-electron chi connectivity index (χ2n) is 5.44. The molecule has 0 heterocycles. The number of hydrogen-bond donors (Lipinski definition) is 2. The average Bonchev–Trinajstić information content (AvgIpc) is 2.26. The van der Waals surface area contributed by atoms with Crippen LogP contribution in [0.1, 0.15) is 38.1 Å². The summed E-state index contributed by atoms with van der Waals surface area (Å²) >= 11 is 0. The van der Waals surface area contributed by atoms with E-state index in [2.05, 4.69) is 26.1 Å². The molecule has 0 aliphatic carbocycles. The van der Waals surface area contributed by atoms with Gasteiger partial charge in [0, 0.05) is 6.54 Å². The van der Waals surface area contributed by atoms with Gasteiger partial charge in [0.05, 0.1) is 23.5 Å². The van der Waals surface area contributed by atoms with Gasteiger partial charge in [-0.15, -0.1) is 0 Å². The highest BCUT2D eigenvalue weighted by atomic mass is 16.5. The Morgan fingerprint density at radius 2 is 2.06 bits per heavy atom. The summed E-state index contributed by atoms with van der Waals surface area (Å²) in [6.07, 6.45) is 0. The summed E-state index contributed by atoms with van der Waals surface area (Å²) in [5.74, 6) is -0.341. The molecule has 100 valence electrons. The van der Waals surface area contributed by atoms with Crippen LogP contribution in [0.4, 0.5) is 11.4 Å². The number of carbonyl (C=O) groups excluding carboxylic acids is 1. The summed E-state index contributed by atoms with van der Waals surface area (Å²) in [6, 6.07) is 5.18. The van der Waals surface area contributed by atoms with Gasteiger partial charge in [-0.2, -0.15) is 0 Å². The van der Waals surface area contributed by atoms with Gasteiger partial charge < -0.3 is 15.8 Å². The van der Waals surface area contributed by atoms with Crippen molar-refractivity contribution in [3.05, 3.63) is 23.8 Å². The molecule has 0 fully saturated rings. The van der Waals surface area contributed by atoms with Crippen LogP contribution in [-0.2, 0) is 4.74 Å². The molecule has 0 aromatic heterocycles. The molecular weight excluding hydrogens is 228 g/mol. The van der Waals surface area contributed by atoms with Crippen LogP contribution in [-0.4, -0.2) is 19.1 Å². The van der Waals surface area contributed by atoms with E-state index in [0.717, 1.165) is 12.2 Å². The molecule has 3 N–H and O–H groups in total. The van der Waals surface area contributed by atoms with Crippen LogP contribution in [0, 0.1) is 5.41 Å². The minimum absolute atomic E-state index is 0.173. The maximum atomic E-state index is 11.5. The van der Waals surface area contributed by atoms with E-state index in [-0.39, 0.29) is 11.4 Å². The van der Waals surface area contributed by atoms with Crippen molar-refractivity contribution in [1.29, 1.82) is 0 Å². The maximum absolute atomic E-state index is 11.5. The Kier molecular flexibility index (Phi) is 4.59. The third kappa shape index (κ3) is 4.28. The van der Waals surface area contributed by atoms with Gasteiger partial charge in [-0.05, 0) is 30.5 Å². The van der Waals surface area contributed by atoms with E-state index >= 15 is 0 Å². The zero-order valence-corrected chi connectivity index (χ0v) is 11.5. The lowest BCUT2D eigenvalue weighted by Crippen LogP contribution is -2.19. The number of nitrogens with one attached hydrogen (secondary N) is 1. The van der Waals surface area contributed by atoms with Crippen molar-refractivity contribution in [3.63, 3.8) is 0 Å². The van der Waals surface area contributed by atoms with Gasteiger partial charge in [0.25, 0.3) is 0 Å². The van der Waals surface area contributed by atoms with Crippen molar-refractivity contribution in [2.24, 2.45) is 5.41 Å². The Balaban J connectivity index is 2.77. The van der Waals surface area contributed by atoms with E-state index in [9.17, 15) is 4.79 Å². The Labute approximate surface area is 109 Å². The van der Waals surface area contributed by atoms with Crippen LogP contribution in [0.15, 0.2) is 18.2 Å². The van der Waals surface area contributed by atoms with Gasteiger partial charge in [-0.1, -0.05) is 20.8 Å². The van der Waals surface area contributed by atoms with Crippen molar-refractivity contribution >= 4 is 17.3 Å². The van der Waals surface area contributed by atoms with Gasteiger partial charge in [0.2, 0.25) is 0 Å². The van der Waals surface area contributed by atoms with Crippen LogP contribution < -0.4 is 11.1 Å². The SMILES string of the molecule is CCOC(=O)c1ccc(NCC(C)(C)C)c(N)c1. The van der Waals surface area contributed by atoms with E-state index in [1.807, 2.05) is 6.07 Å². The number of carbonyl (C=O) groups is 1. The number of nitrogen functional groups attached to an aromatic ring is 1. The lowest BCUT2D eigenvalue weighted by atomic mass is 9.97. The van der Waals surface area contributed by atoms with E-state index in [0.29, 0.717) is 17.9 Å². The second kappa shape index (κ2) is 5.76. The van der Waals surface area contributed by atoms with Crippen LogP contribution in [0.2, 0.25) is 0 Å². The summed E-state index contributed by atoms with van der Waals surface area (Å²) in [5, 5.41) is 3.27. The molecule has 1 aromatic carbocycles. The van der Waals surface area contributed by atoms with E-state index < -0.39 is 0 Å². The summed E-state index contributed by atoms with van der Waals surface area (Å²) in [6.45, 7) is 9.38. The summed E-state index contributed by atoms with van der Waals surface area (Å²) in [5.41, 5.74) is 7.97. The number of rotatable bonds is 4. The van der Waals surface area contributed by atoms with Crippen molar-refractivity contribution in [1.82, 2.24) is 0 Å². The van der Waals surface area contributed by atoms with E-state index in [1.54, 1.807) is 19.1 Å². The van der Waals surface area contributed by atoms with Crippen molar-refractivity contribution in [3.8, 4) is 0 Å². The molecule has 0 atom stereocenters. The van der Waals surface area contributed by atoms with Crippen LogP contribution in [0.25, 0.3) is 0 Å². The molecule has 1 aromatic rings. The molecule has 0 aliphatic rings. The van der Waals surface area contributed by atoms with Gasteiger partial charge in [0.1, 0.15) is 0 Å². The number of ether oxygens (including phenoxy) is 1. The fourth-order valence-electron chi connectivity index (χ4n) is 1.43. The van der Waals surface area contributed by atoms with Crippen LogP contribution in [0.3, 0.4) is 0 Å². The molecule has 0 saturated carbocycles. The zero-order valence-electron chi connectivity index (χ0n) is 11.5. The highest BCUT2D eigenvalue weighted by Gasteiger charge is 2.12. The number of anilines is 2. The predicted octanol–water partition coefficient (Wildman–Crippen LogP) is 2.90. The molecule has 18 heavy (non-hydrogen) atoms. The number of esters is 1. The van der Waals surface area contributed by atoms with Gasteiger partial charge >= 0.3 is 5.97 Å². The zero-order chi connectivity index (χ0) is 13.8. The first-order valence-electron chi connectivity index (χ1n) is 6.14. The monoisotopic (exact) mass is 250 g/mol. The third-order valence-corrected chi connectivity index (χ3v) is 2.37. The highest BCUT2D eigenvalue weighted by molar-refractivity contribution is 5.91. The van der Waals surface area contributed by atoms with Crippen molar-refractivity contribution < 1.29 is 9.53 Å². The van der Waals surface area contributed by atoms with Gasteiger partial charge in [0.15, 0.2) is 0 Å². The van der Waals surface area contributed by atoms with Crippen LogP contribution in [0.5, 0.6) is 0 Å². The molecule has 0 bridgehead atoms. The largest absolute Gasteiger partial charge is 0.462 e. The second-order valence-corrected chi connectivity index (χ2v) is 5.44. The standard InChI is InChI=1S/C14H22N2O2/c1-5-18-13(17)10-6-7-12(11(15)8-10)16-9-14(2,3)4/h6-8,16H,5,9,15H2,1-4H3.